The van der Waals surface area contributed by atoms with Gasteiger partial charge in [-0.05, 0) is 37.1 Å². The van der Waals surface area contributed by atoms with Gasteiger partial charge in [0.25, 0.3) is 0 Å². The van der Waals surface area contributed by atoms with Gasteiger partial charge in [0, 0.05) is 17.5 Å². The third-order valence-corrected chi connectivity index (χ3v) is 3.78. The Bertz CT molecular complexity index is 833. The molecular weight excluding hydrogens is 301 g/mol. The molecule has 5 heteroatoms. The van der Waals surface area contributed by atoms with Gasteiger partial charge in [-0.1, -0.05) is 30.3 Å². The summed E-state index contributed by atoms with van der Waals surface area (Å²) in [4.78, 5) is 4.09. The van der Waals surface area contributed by atoms with E-state index in [0.717, 1.165) is 16.9 Å². The highest BCUT2D eigenvalue weighted by molar-refractivity contribution is 5.76. The molecule has 3 aromatic rings. The lowest BCUT2D eigenvalue weighted by atomic mass is 9.97. The van der Waals surface area contributed by atoms with Crippen molar-refractivity contribution in [2.45, 2.75) is 20.0 Å². The second-order valence-corrected chi connectivity index (χ2v) is 5.46. The molecule has 3 rings (SSSR count). The number of hydrogen-bond donors (Lipinski definition) is 0. The smallest absolute Gasteiger partial charge is 0.303 e. The van der Waals surface area contributed by atoms with E-state index in [1.807, 2.05) is 41.8 Å². The van der Waals surface area contributed by atoms with Crippen molar-refractivity contribution in [3.8, 4) is 16.8 Å². The van der Waals surface area contributed by atoms with Crippen molar-refractivity contribution < 1.29 is 13.2 Å². The highest BCUT2D eigenvalue weighted by atomic mass is 19.4. The van der Waals surface area contributed by atoms with Gasteiger partial charge in [0.1, 0.15) is 0 Å². The second kappa shape index (κ2) is 5.57. The van der Waals surface area contributed by atoms with Crippen LogP contribution in [-0.2, 0) is 6.18 Å². The number of nitrogens with zero attached hydrogens (tertiary/aromatic N) is 2. The predicted octanol–water partition coefficient (Wildman–Crippen LogP) is 5.17. The van der Waals surface area contributed by atoms with Gasteiger partial charge in [-0.15, -0.1) is 0 Å². The van der Waals surface area contributed by atoms with E-state index in [1.54, 1.807) is 19.4 Å². The van der Waals surface area contributed by atoms with Crippen LogP contribution in [0.1, 0.15) is 16.8 Å². The van der Waals surface area contributed by atoms with Crippen LogP contribution in [0.5, 0.6) is 0 Å². The van der Waals surface area contributed by atoms with E-state index in [9.17, 15) is 13.2 Å². The fourth-order valence-corrected chi connectivity index (χ4v) is 2.70. The van der Waals surface area contributed by atoms with E-state index in [4.69, 9.17) is 0 Å². The summed E-state index contributed by atoms with van der Waals surface area (Å²) in [6.45, 7) is 3.56. The summed E-state index contributed by atoms with van der Waals surface area (Å²) in [6.07, 6.45) is -1.07. The standard InChI is InChI=1S/C18H15F3N2/c1-12-8-15(18(19,20)21)9-16(14-6-4-3-5-7-14)17(12)23-11-22-10-13(23)2/h3-11H,1-2H3. The van der Waals surface area contributed by atoms with Crippen molar-refractivity contribution in [1.29, 1.82) is 0 Å². The zero-order valence-corrected chi connectivity index (χ0v) is 12.7. The molecule has 0 amide bonds. The van der Waals surface area contributed by atoms with Crippen molar-refractivity contribution >= 4 is 0 Å². The molecule has 0 bridgehead atoms. The summed E-state index contributed by atoms with van der Waals surface area (Å²) in [6, 6.07) is 11.5. The van der Waals surface area contributed by atoms with Crippen molar-refractivity contribution in [3.05, 3.63) is 71.8 Å². The first-order chi connectivity index (χ1) is 10.9. The van der Waals surface area contributed by atoms with Crippen LogP contribution in [0.25, 0.3) is 16.8 Å². The molecule has 118 valence electrons. The zero-order valence-electron chi connectivity index (χ0n) is 12.7. The maximum atomic E-state index is 13.2. The molecule has 0 spiro atoms. The maximum absolute atomic E-state index is 13.2. The van der Waals surface area contributed by atoms with E-state index in [1.165, 1.54) is 12.1 Å². The van der Waals surface area contributed by atoms with Crippen LogP contribution in [0.4, 0.5) is 13.2 Å². The van der Waals surface area contributed by atoms with Crippen molar-refractivity contribution in [3.63, 3.8) is 0 Å². The van der Waals surface area contributed by atoms with Crippen LogP contribution >= 0.6 is 0 Å². The fraction of sp³-hybridized carbons (Fsp3) is 0.167. The third-order valence-electron chi connectivity index (χ3n) is 3.78. The van der Waals surface area contributed by atoms with Crippen LogP contribution < -0.4 is 0 Å². The molecule has 23 heavy (non-hydrogen) atoms. The van der Waals surface area contributed by atoms with Crippen LogP contribution in [-0.4, -0.2) is 9.55 Å². The van der Waals surface area contributed by atoms with Gasteiger partial charge < -0.3 is 4.57 Å². The molecule has 0 radical (unpaired) electrons. The number of hydrogen-bond acceptors (Lipinski definition) is 1. The molecule has 0 saturated heterocycles. The minimum absolute atomic E-state index is 0.541. The van der Waals surface area contributed by atoms with Gasteiger partial charge in [0.05, 0.1) is 17.6 Å². The average Bonchev–Trinajstić information content (AvgIpc) is 2.92. The third kappa shape index (κ3) is 2.86. The Balaban J connectivity index is 2.33. The molecule has 0 unspecified atom stereocenters. The molecule has 0 aliphatic rings. The van der Waals surface area contributed by atoms with E-state index < -0.39 is 11.7 Å². The molecule has 0 fully saturated rings. The van der Waals surface area contributed by atoms with Crippen LogP contribution in [0.15, 0.2) is 55.0 Å². The molecule has 1 aromatic heterocycles. The van der Waals surface area contributed by atoms with Crippen molar-refractivity contribution in [2.75, 3.05) is 0 Å². The summed E-state index contributed by atoms with van der Waals surface area (Å²) in [5.41, 5.74) is 2.78. The molecule has 1 heterocycles. The predicted molar refractivity (Wildman–Crippen MR) is 83.5 cm³/mol. The molecular formula is C18H15F3N2. The van der Waals surface area contributed by atoms with Crippen LogP contribution in [0.2, 0.25) is 0 Å². The van der Waals surface area contributed by atoms with Crippen LogP contribution in [0.3, 0.4) is 0 Å². The number of imidazole rings is 1. The Labute approximate surface area is 132 Å². The van der Waals surface area contributed by atoms with Crippen molar-refractivity contribution in [2.24, 2.45) is 0 Å². The maximum Gasteiger partial charge on any atom is 0.416 e. The average molecular weight is 316 g/mol. The van der Waals surface area contributed by atoms with E-state index in [0.29, 0.717) is 11.1 Å². The normalized spacial score (nSPS) is 11.7. The van der Waals surface area contributed by atoms with Crippen LogP contribution in [0, 0.1) is 13.8 Å². The number of alkyl halides is 3. The summed E-state index contributed by atoms with van der Waals surface area (Å²) >= 11 is 0. The number of aryl methyl sites for hydroxylation is 2. The van der Waals surface area contributed by atoms with E-state index in [-0.39, 0.29) is 0 Å². The highest BCUT2D eigenvalue weighted by Crippen LogP contribution is 2.37. The van der Waals surface area contributed by atoms with Gasteiger partial charge in [0.15, 0.2) is 0 Å². The summed E-state index contributed by atoms with van der Waals surface area (Å²) < 4.78 is 41.4. The Hall–Kier alpha value is -2.56. The number of halogens is 3. The number of rotatable bonds is 2. The summed E-state index contributed by atoms with van der Waals surface area (Å²) in [5, 5.41) is 0. The number of benzene rings is 2. The minimum Gasteiger partial charge on any atom is -0.303 e. The first-order valence-corrected chi connectivity index (χ1v) is 7.14. The molecule has 0 atom stereocenters. The molecule has 0 aliphatic carbocycles. The van der Waals surface area contributed by atoms with Gasteiger partial charge in [-0.3, -0.25) is 0 Å². The first-order valence-electron chi connectivity index (χ1n) is 7.14. The molecule has 2 aromatic carbocycles. The molecule has 2 nitrogen and oxygen atoms in total. The quantitative estimate of drug-likeness (QED) is 0.637. The molecule has 0 saturated carbocycles. The van der Waals surface area contributed by atoms with E-state index >= 15 is 0 Å². The van der Waals surface area contributed by atoms with Gasteiger partial charge in [-0.2, -0.15) is 13.2 Å². The largest absolute Gasteiger partial charge is 0.416 e. The topological polar surface area (TPSA) is 17.8 Å². The Kier molecular flexibility index (Phi) is 3.72. The highest BCUT2D eigenvalue weighted by Gasteiger charge is 2.32. The Morgan fingerprint density at radius 1 is 1.00 bits per heavy atom. The summed E-state index contributed by atoms with van der Waals surface area (Å²) in [7, 11) is 0. The molecule has 0 N–H and O–H groups in total. The molecule has 0 aliphatic heterocycles. The Morgan fingerprint density at radius 2 is 1.70 bits per heavy atom. The number of aromatic nitrogens is 2. The summed E-state index contributed by atoms with van der Waals surface area (Å²) in [5.74, 6) is 0. The minimum atomic E-state index is -4.38. The van der Waals surface area contributed by atoms with Gasteiger partial charge in [-0.25, -0.2) is 4.98 Å². The Morgan fingerprint density at radius 3 is 2.26 bits per heavy atom. The van der Waals surface area contributed by atoms with Gasteiger partial charge >= 0.3 is 6.18 Å². The fourth-order valence-electron chi connectivity index (χ4n) is 2.70. The second-order valence-electron chi connectivity index (χ2n) is 5.46. The monoisotopic (exact) mass is 316 g/mol. The lowest BCUT2D eigenvalue weighted by Gasteiger charge is -2.18. The zero-order chi connectivity index (χ0) is 16.6. The van der Waals surface area contributed by atoms with Crippen molar-refractivity contribution in [1.82, 2.24) is 9.55 Å². The SMILES string of the molecule is Cc1cc(C(F)(F)F)cc(-c2ccccc2)c1-n1cncc1C. The van der Waals surface area contributed by atoms with E-state index in [2.05, 4.69) is 4.98 Å². The lowest BCUT2D eigenvalue weighted by Crippen LogP contribution is -2.09. The lowest BCUT2D eigenvalue weighted by molar-refractivity contribution is -0.137. The van der Waals surface area contributed by atoms with Gasteiger partial charge in [0.2, 0.25) is 0 Å². The first kappa shape index (κ1) is 15.3.